The van der Waals surface area contributed by atoms with Crippen molar-refractivity contribution in [1.82, 2.24) is 4.98 Å². The lowest BCUT2D eigenvalue weighted by atomic mass is 10.3. The molecule has 8 heteroatoms. The van der Waals surface area contributed by atoms with Crippen molar-refractivity contribution in [2.45, 2.75) is 6.54 Å². The van der Waals surface area contributed by atoms with Gasteiger partial charge in [-0.05, 0) is 12.1 Å². The van der Waals surface area contributed by atoms with Gasteiger partial charge in [0.05, 0.1) is 0 Å². The summed E-state index contributed by atoms with van der Waals surface area (Å²) in [6, 6.07) is 2.12. The van der Waals surface area contributed by atoms with Crippen molar-refractivity contribution in [2.24, 2.45) is 5.73 Å². The van der Waals surface area contributed by atoms with Gasteiger partial charge >= 0.3 is 0 Å². The lowest BCUT2D eigenvalue weighted by molar-refractivity contribution is 0.102. The summed E-state index contributed by atoms with van der Waals surface area (Å²) in [7, 11) is 0. The maximum Gasteiger partial charge on any atom is 0.275 e. The van der Waals surface area contributed by atoms with Crippen LogP contribution in [0.25, 0.3) is 0 Å². The van der Waals surface area contributed by atoms with Gasteiger partial charge in [0.25, 0.3) is 5.91 Å². The molecule has 1 heterocycles. The van der Waals surface area contributed by atoms with Crippen molar-refractivity contribution in [1.29, 1.82) is 0 Å². The van der Waals surface area contributed by atoms with Crippen molar-refractivity contribution in [3.05, 3.63) is 44.3 Å². The first-order valence-corrected chi connectivity index (χ1v) is 6.79. The summed E-state index contributed by atoms with van der Waals surface area (Å²) in [6.07, 6.45) is 0. The van der Waals surface area contributed by atoms with Gasteiger partial charge in [-0.25, -0.2) is 13.8 Å². The first kappa shape index (κ1) is 14.0. The fraction of sp³-hybridized carbons (Fsp3) is 0.0909. The molecule has 0 aliphatic rings. The largest absolute Gasteiger partial charge is 0.325 e. The van der Waals surface area contributed by atoms with Gasteiger partial charge in [-0.3, -0.25) is 4.79 Å². The quantitative estimate of drug-likeness (QED) is 0.896. The minimum atomic E-state index is -0.866. The Kier molecular flexibility index (Phi) is 4.23. The third-order valence-electron chi connectivity index (χ3n) is 2.20. The summed E-state index contributed by atoms with van der Waals surface area (Å²) < 4.78 is 27.3. The molecule has 0 unspecified atom stereocenters. The summed E-state index contributed by atoms with van der Waals surface area (Å²) in [5.41, 5.74) is 4.94. The van der Waals surface area contributed by atoms with Crippen LogP contribution < -0.4 is 11.1 Å². The highest BCUT2D eigenvalue weighted by atomic mass is 79.9. The van der Waals surface area contributed by atoms with E-state index in [2.05, 4.69) is 26.2 Å². The molecule has 0 spiro atoms. The second-order valence-corrected chi connectivity index (χ2v) is 5.39. The average molecular weight is 348 g/mol. The predicted octanol–water partition coefficient (Wildman–Crippen LogP) is 2.89. The molecule has 0 fully saturated rings. The van der Waals surface area contributed by atoms with Crippen LogP contribution in [0.3, 0.4) is 0 Å². The predicted molar refractivity (Wildman–Crippen MR) is 72.0 cm³/mol. The van der Waals surface area contributed by atoms with Crippen molar-refractivity contribution in [3.63, 3.8) is 0 Å². The van der Waals surface area contributed by atoms with Crippen LogP contribution in [-0.4, -0.2) is 10.9 Å². The molecule has 2 rings (SSSR count). The number of aromatic nitrogens is 1. The van der Waals surface area contributed by atoms with Crippen molar-refractivity contribution < 1.29 is 13.6 Å². The van der Waals surface area contributed by atoms with E-state index in [1.807, 2.05) is 0 Å². The highest BCUT2D eigenvalue weighted by molar-refractivity contribution is 9.10. The Morgan fingerprint density at radius 2 is 2.05 bits per heavy atom. The Labute approximate surface area is 119 Å². The average Bonchev–Trinajstić information content (AvgIpc) is 2.82. The first-order chi connectivity index (χ1) is 9.01. The van der Waals surface area contributed by atoms with Gasteiger partial charge in [-0.15, -0.1) is 11.3 Å². The number of hydrogen-bond donors (Lipinski definition) is 2. The monoisotopic (exact) mass is 347 g/mol. The van der Waals surface area contributed by atoms with E-state index in [9.17, 15) is 13.6 Å². The number of halogens is 3. The number of nitrogens with zero attached hydrogens (tertiary/aromatic N) is 1. The molecule has 1 aromatic heterocycles. The number of thiazole rings is 1. The minimum Gasteiger partial charge on any atom is -0.325 e. The molecular weight excluding hydrogens is 340 g/mol. The number of rotatable bonds is 3. The smallest absolute Gasteiger partial charge is 0.275 e. The maximum atomic E-state index is 13.5. The first-order valence-electron chi connectivity index (χ1n) is 5.11. The molecule has 1 aromatic carbocycles. The molecule has 0 bridgehead atoms. The van der Waals surface area contributed by atoms with Crippen LogP contribution in [0.2, 0.25) is 0 Å². The van der Waals surface area contributed by atoms with Gasteiger partial charge in [0, 0.05) is 16.4 Å². The summed E-state index contributed by atoms with van der Waals surface area (Å²) in [4.78, 5) is 15.7. The maximum absolute atomic E-state index is 13.5. The molecule has 0 saturated carbocycles. The molecule has 4 nitrogen and oxygen atoms in total. The van der Waals surface area contributed by atoms with E-state index in [0.29, 0.717) is 5.01 Å². The van der Waals surface area contributed by atoms with E-state index in [0.717, 1.165) is 12.1 Å². The van der Waals surface area contributed by atoms with Crippen LogP contribution >= 0.6 is 27.3 Å². The van der Waals surface area contributed by atoms with E-state index in [1.54, 1.807) is 0 Å². The fourth-order valence-electron chi connectivity index (χ4n) is 1.35. The van der Waals surface area contributed by atoms with E-state index >= 15 is 0 Å². The minimum absolute atomic E-state index is 0.0761. The molecule has 1 amide bonds. The van der Waals surface area contributed by atoms with Crippen LogP contribution in [0, 0.1) is 11.6 Å². The van der Waals surface area contributed by atoms with Crippen LogP contribution in [0.1, 0.15) is 15.5 Å². The molecular formula is C11H8BrF2N3OS. The van der Waals surface area contributed by atoms with Crippen LogP contribution in [0.4, 0.5) is 14.5 Å². The lowest BCUT2D eigenvalue weighted by Crippen LogP contribution is -2.15. The molecule has 0 aliphatic carbocycles. The number of anilines is 1. The Bertz CT molecular complexity index is 609. The summed E-state index contributed by atoms with van der Waals surface area (Å²) in [5.74, 6) is -2.42. The molecule has 0 radical (unpaired) electrons. The molecule has 0 saturated heterocycles. The lowest BCUT2D eigenvalue weighted by Gasteiger charge is -2.06. The number of carbonyl (C=O) groups excluding carboxylic acids is 1. The van der Waals surface area contributed by atoms with Crippen molar-refractivity contribution in [2.75, 3.05) is 5.32 Å². The topological polar surface area (TPSA) is 68.0 Å². The summed E-state index contributed by atoms with van der Waals surface area (Å²) in [6.45, 7) is 0.207. The highest BCUT2D eigenvalue weighted by Gasteiger charge is 2.16. The second kappa shape index (κ2) is 5.72. The van der Waals surface area contributed by atoms with E-state index < -0.39 is 23.2 Å². The number of benzene rings is 1. The van der Waals surface area contributed by atoms with Crippen LogP contribution in [0.5, 0.6) is 0 Å². The third-order valence-corrected chi connectivity index (χ3v) is 3.53. The van der Waals surface area contributed by atoms with E-state index in [1.165, 1.54) is 16.7 Å². The van der Waals surface area contributed by atoms with Gasteiger partial charge in [-0.2, -0.15) is 0 Å². The highest BCUT2D eigenvalue weighted by Crippen LogP contribution is 2.24. The van der Waals surface area contributed by atoms with Gasteiger partial charge < -0.3 is 11.1 Å². The zero-order valence-corrected chi connectivity index (χ0v) is 11.8. The molecule has 2 aromatic rings. The van der Waals surface area contributed by atoms with Crippen molar-refractivity contribution >= 4 is 38.9 Å². The van der Waals surface area contributed by atoms with Crippen LogP contribution in [0.15, 0.2) is 22.0 Å². The van der Waals surface area contributed by atoms with Gasteiger partial charge in [0.2, 0.25) is 0 Å². The Morgan fingerprint density at radius 3 is 2.58 bits per heavy atom. The molecule has 0 aliphatic heterocycles. The Balaban J connectivity index is 2.24. The number of carbonyl (C=O) groups is 1. The number of hydrogen-bond acceptors (Lipinski definition) is 4. The Morgan fingerprint density at radius 1 is 1.42 bits per heavy atom. The molecule has 3 N–H and O–H groups in total. The summed E-state index contributed by atoms with van der Waals surface area (Å²) in [5, 5.41) is 4.20. The van der Waals surface area contributed by atoms with Crippen molar-refractivity contribution in [3.8, 4) is 0 Å². The molecule has 0 atom stereocenters. The molecule has 100 valence electrons. The fourth-order valence-corrected chi connectivity index (χ4v) is 2.40. The van der Waals surface area contributed by atoms with E-state index in [-0.39, 0.29) is 16.7 Å². The normalized spacial score (nSPS) is 10.5. The number of nitrogens with one attached hydrogen (secondary N) is 1. The van der Waals surface area contributed by atoms with Gasteiger partial charge in [-0.1, -0.05) is 15.9 Å². The standard InChI is InChI=1S/C11H8BrF2N3OS/c12-5-1-6(13)10(7(14)2-5)17-11(18)8-4-19-9(3-15)16-8/h1-2,4H,3,15H2,(H,17,18). The zero-order valence-electron chi connectivity index (χ0n) is 9.41. The van der Waals surface area contributed by atoms with Gasteiger partial charge in [0.15, 0.2) is 11.6 Å². The Hall–Kier alpha value is -1.38. The van der Waals surface area contributed by atoms with E-state index in [4.69, 9.17) is 5.73 Å². The summed E-state index contributed by atoms with van der Waals surface area (Å²) >= 11 is 4.16. The third kappa shape index (κ3) is 3.14. The second-order valence-electron chi connectivity index (χ2n) is 3.53. The van der Waals surface area contributed by atoms with Crippen LogP contribution in [-0.2, 0) is 6.54 Å². The number of nitrogens with two attached hydrogens (primary N) is 1. The van der Waals surface area contributed by atoms with Gasteiger partial charge in [0.1, 0.15) is 16.4 Å². The zero-order chi connectivity index (χ0) is 14.0. The molecule has 19 heavy (non-hydrogen) atoms. The SMILES string of the molecule is NCc1nc(C(=O)Nc2c(F)cc(Br)cc2F)cs1. The number of amides is 1.